The van der Waals surface area contributed by atoms with Crippen LogP contribution in [0.15, 0.2) is 42.6 Å². The highest BCUT2D eigenvalue weighted by molar-refractivity contribution is 6.30. The van der Waals surface area contributed by atoms with Crippen molar-refractivity contribution in [2.75, 3.05) is 11.9 Å². The summed E-state index contributed by atoms with van der Waals surface area (Å²) in [6, 6.07) is 11.3. The van der Waals surface area contributed by atoms with E-state index in [0.717, 1.165) is 23.7 Å². The maximum Gasteiger partial charge on any atom is 0.126 e. The van der Waals surface area contributed by atoms with Gasteiger partial charge in [-0.15, -0.1) is 0 Å². The Kier molecular flexibility index (Phi) is 4.42. The van der Waals surface area contributed by atoms with Crippen molar-refractivity contribution in [3.05, 3.63) is 53.2 Å². The van der Waals surface area contributed by atoms with E-state index in [1.165, 1.54) is 0 Å². The number of hydrogen-bond donors (Lipinski definition) is 1. The van der Waals surface area contributed by atoms with Crippen LogP contribution in [0.1, 0.15) is 12.5 Å². The van der Waals surface area contributed by atoms with Crippen molar-refractivity contribution in [1.29, 1.82) is 0 Å². The Hall–Kier alpha value is -1.74. The summed E-state index contributed by atoms with van der Waals surface area (Å²) in [5.41, 5.74) is 1.08. The number of nitrogens with one attached hydrogen (secondary N) is 1. The number of pyridine rings is 1. The second-order valence-electron chi connectivity index (χ2n) is 3.82. The Labute approximate surface area is 112 Å². The average Bonchev–Trinajstić information content (AvgIpc) is 2.39. The first kappa shape index (κ1) is 12.7. The van der Waals surface area contributed by atoms with E-state index >= 15 is 0 Å². The molecule has 94 valence electrons. The molecule has 1 aromatic carbocycles. The quantitative estimate of drug-likeness (QED) is 0.891. The number of anilines is 1. The lowest BCUT2D eigenvalue weighted by Gasteiger charge is -2.08. The fourth-order valence-corrected chi connectivity index (χ4v) is 1.67. The molecule has 0 atom stereocenters. The first-order chi connectivity index (χ1) is 8.78. The minimum Gasteiger partial charge on any atom is -0.489 e. The van der Waals surface area contributed by atoms with Crippen LogP contribution in [0.3, 0.4) is 0 Å². The van der Waals surface area contributed by atoms with Crippen LogP contribution in [0, 0.1) is 0 Å². The fourth-order valence-electron chi connectivity index (χ4n) is 1.54. The fraction of sp³-hybridized carbons (Fsp3) is 0.214. The first-order valence-electron chi connectivity index (χ1n) is 5.85. The molecular weight excluding hydrogens is 248 g/mol. The smallest absolute Gasteiger partial charge is 0.126 e. The molecule has 18 heavy (non-hydrogen) atoms. The monoisotopic (exact) mass is 262 g/mol. The van der Waals surface area contributed by atoms with E-state index < -0.39 is 0 Å². The van der Waals surface area contributed by atoms with Crippen LogP contribution in [-0.4, -0.2) is 11.5 Å². The molecule has 1 aromatic heterocycles. The largest absolute Gasteiger partial charge is 0.489 e. The van der Waals surface area contributed by atoms with Gasteiger partial charge in [-0.1, -0.05) is 11.6 Å². The van der Waals surface area contributed by atoms with Crippen molar-refractivity contribution < 1.29 is 4.74 Å². The third kappa shape index (κ3) is 3.64. The van der Waals surface area contributed by atoms with Crippen molar-refractivity contribution in [3.63, 3.8) is 0 Å². The highest BCUT2D eigenvalue weighted by Crippen LogP contribution is 2.17. The molecule has 0 amide bonds. The molecule has 0 saturated heterocycles. The van der Waals surface area contributed by atoms with E-state index in [4.69, 9.17) is 16.3 Å². The third-order valence-corrected chi connectivity index (χ3v) is 2.65. The lowest BCUT2D eigenvalue weighted by molar-refractivity contribution is 0.306. The molecule has 0 bridgehead atoms. The van der Waals surface area contributed by atoms with Gasteiger partial charge in [-0.05, 0) is 48.9 Å². The summed E-state index contributed by atoms with van der Waals surface area (Å²) in [5.74, 6) is 1.68. The van der Waals surface area contributed by atoms with E-state index in [2.05, 4.69) is 10.3 Å². The van der Waals surface area contributed by atoms with Crippen molar-refractivity contribution in [1.82, 2.24) is 4.98 Å². The summed E-state index contributed by atoms with van der Waals surface area (Å²) in [5, 5.41) is 3.88. The number of hydrogen-bond acceptors (Lipinski definition) is 3. The van der Waals surface area contributed by atoms with Crippen molar-refractivity contribution in [3.8, 4) is 5.75 Å². The van der Waals surface area contributed by atoms with Crippen LogP contribution in [0.2, 0.25) is 5.02 Å². The average molecular weight is 263 g/mol. The molecule has 0 spiro atoms. The second-order valence-corrected chi connectivity index (χ2v) is 4.26. The lowest BCUT2D eigenvalue weighted by atomic mass is 10.2. The SMILES string of the molecule is CCNc1cc(COc2ccc(Cl)cc2)ccn1. The van der Waals surface area contributed by atoms with Gasteiger partial charge >= 0.3 is 0 Å². The number of rotatable bonds is 5. The highest BCUT2D eigenvalue weighted by atomic mass is 35.5. The minimum atomic E-state index is 0.516. The first-order valence-corrected chi connectivity index (χ1v) is 6.23. The lowest BCUT2D eigenvalue weighted by Crippen LogP contribution is -2.01. The van der Waals surface area contributed by atoms with Crippen molar-refractivity contribution >= 4 is 17.4 Å². The van der Waals surface area contributed by atoms with Gasteiger partial charge in [-0.2, -0.15) is 0 Å². The zero-order chi connectivity index (χ0) is 12.8. The van der Waals surface area contributed by atoms with E-state index in [-0.39, 0.29) is 0 Å². The molecule has 0 saturated carbocycles. The van der Waals surface area contributed by atoms with Gasteiger partial charge in [0, 0.05) is 17.8 Å². The summed E-state index contributed by atoms with van der Waals surface area (Å²) < 4.78 is 5.67. The summed E-state index contributed by atoms with van der Waals surface area (Å²) in [6.45, 7) is 3.41. The van der Waals surface area contributed by atoms with E-state index in [1.807, 2.05) is 43.3 Å². The van der Waals surface area contributed by atoms with Crippen LogP contribution in [-0.2, 0) is 6.61 Å². The standard InChI is InChI=1S/C14H15ClN2O/c1-2-16-14-9-11(7-8-17-14)10-18-13-5-3-12(15)4-6-13/h3-9H,2,10H2,1H3,(H,16,17). The van der Waals surface area contributed by atoms with Crippen LogP contribution in [0.4, 0.5) is 5.82 Å². The van der Waals surface area contributed by atoms with Crippen molar-refractivity contribution in [2.45, 2.75) is 13.5 Å². The topological polar surface area (TPSA) is 34.1 Å². The molecular formula is C14H15ClN2O. The van der Waals surface area contributed by atoms with Gasteiger partial charge in [0.2, 0.25) is 0 Å². The van der Waals surface area contributed by atoms with Crippen LogP contribution < -0.4 is 10.1 Å². The van der Waals surface area contributed by atoms with Crippen LogP contribution in [0.25, 0.3) is 0 Å². The van der Waals surface area contributed by atoms with Crippen LogP contribution >= 0.6 is 11.6 Å². The number of ether oxygens (including phenoxy) is 1. The predicted octanol–water partition coefficient (Wildman–Crippen LogP) is 3.75. The Balaban J connectivity index is 1.97. The van der Waals surface area contributed by atoms with Gasteiger partial charge in [0.05, 0.1) is 0 Å². The van der Waals surface area contributed by atoms with Gasteiger partial charge in [0.1, 0.15) is 18.2 Å². The summed E-state index contributed by atoms with van der Waals surface area (Å²) in [4.78, 5) is 4.21. The van der Waals surface area contributed by atoms with Gasteiger partial charge in [0.25, 0.3) is 0 Å². The Bertz CT molecular complexity index is 499. The molecule has 0 fully saturated rings. The molecule has 0 aliphatic rings. The number of aromatic nitrogens is 1. The zero-order valence-electron chi connectivity index (χ0n) is 10.2. The summed E-state index contributed by atoms with van der Waals surface area (Å²) >= 11 is 5.81. The van der Waals surface area contributed by atoms with E-state index in [0.29, 0.717) is 11.6 Å². The summed E-state index contributed by atoms with van der Waals surface area (Å²) in [7, 11) is 0. The molecule has 2 aromatic rings. The van der Waals surface area contributed by atoms with Crippen LogP contribution in [0.5, 0.6) is 5.75 Å². The van der Waals surface area contributed by atoms with Gasteiger partial charge < -0.3 is 10.1 Å². The molecule has 3 nitrogen and oxygen atoms in total. The molecule has 2 rings (SSSR count). The minimum absolute atomic E-state index is 0.516. The number of benzene rings is 1. The molecule has 4 heteroatoms. The molecule has 0 aliphatic heterocycles. The molecule has 1 heterocycles. The number of nitrogens with zero attached hydrogens (tertiary/aromatic N) is 1. The Morgan fingerprint density at radius 3 is 2.72 bits per heavy atom. The molecule has 1 N–H and O–H groups in total. The molecule has 0 radical (unpaired) electrons. The number of halogens is 1. The molecule has 0 aliphatic carbocycles. The third-order valence-electron chi connectivity index (χ3n) is 2.40. The van der Waals surface area contributed by atoms with E-state index in [1.54, 1.807) is 6.20 Å². The van der Waals surface area contributed by atoms with Gasteiger partial charge in [-0.25, -0.2) is 4.98 Å². The summed E-state index contributed by atoms with van der Waals surface area (Å²) in [6.07, 6.45) is 1.78. The maximum absolute atomic E-state index is 5.81. The van der Waals surface area contributed by atoms with Gasteiger partial charge in [0.15, 0.2) is 0 Å². The highest BCUT2D eigenvalue weighted by Gasteiger charge is 1.98. The maximum atomic E-state index is 5.81. The van der Waals surface area contributed by atoms with E-state index in [9.17, 15) is 0 Å². The zero-order valence-corrected chi connectivity index (χ0v) is 10.9. The molecule has 0 unspecified atom stereocenters. The predicted molar refractivity (Wildman–Crippen MR) is 74.2 cm³/mol. The van der Waals surface area contributed by atoms with Crippen molar-refractivity contribution in [2.24, 2.45) is 0 Å². The second kappa shape index (κ2) is 6.26. The Morgan fingerprint density at radius 2 is 2.00 bits per heavy atom. The van der Waals surface area contributed by atoms with Gasteiger partial charge in [-0.3, -0.25) is 0 Å². The normalized spacial score (nSPS) is 10.1. The Morgan fingerprint density at radius 1 is 1.22 bits per heavy atom.